The zero-order chi connectivity index (χ0) is 18.4. The normalized spacial score (nSPS) is 12.4. The number of benzene rings is 2. The van der Waals surface area contributed by atoms with Crippen LogP contribution in [-0.4, -0.2) is 24.0 Å². The van der Waals surface area contributed by atoms with Crippen LogP contribution in [-0.2, 0) is 11.2 Å². The Morgan fingerprint density at radius 1 is 1.23 bits per heavy atom. The molecule has 0 saturated heterocycles. The van der Waals surface area contributed by atoms with Crippen molar-refractivity contribution in [2.24, 2.45) is 0 Å². The number of fused-ring (bicyclic) bond motifs is 1. The van der Waals surface area contributed by atoms with Crippen LogP contribution in [0.2, 0.25) is 0 Å². The second-order valence-electron chi connectivity index (χ2n) is 6.15. The van der Waals surface area contributed by atoms with Crippen LogP contribution < -0.4 is 10.1 Å². The Morgan fingerprint density at radius 3 is 2.73 bits per heavy atom. The van der Waals surface area contributed by atoms with Crippen molar-refractivity contribution in [3.8, 4) is 5.75 Å². The third-order valence-corrected chi connectivity index (χ3v) is 5.10. The maximum atomic E-state index is 12.1. The van der Waals surface area contributed by atoms with Gasteiger partial charge in [0.05, 0.1) is 17.3 Å². The van der Waals surface area contributed by atoms with Gasteiger partial charge in [0.1, 0.15) is 10.8 Å². The Balaban J connectivity index is 1.48. The summed E-state index contributed by atoms with van der Waals surface area (Å²) in [5, 5.41) is 3.84. The van der Waals surface area contributed by atoms with Gasteiger partial charge in [-0.05, 0) is 55.7 Å². The first-order chi connectivity index (χ1) is 12.6. The predicted octanol–water partition coefficient (Wildman–Crippen LogP) is 4.46. The zero-order valence-corrected chi connectivity index (χ0v) is 15.8. The maximum Gasteiger partial charge on any atom is 0.244 e. The van der Waals surface area contributed by atoms with Crippen molar-refractivity contribution < 1.29 is 9.53 Å². The van der Waals surface area contributed by atoms with Crippen molar-refractivity contribution in [2.45, 2.75) is 25.8 Å². The van der Waals surface area contributed by atoms with Gasteiger partial charge in [0, 0.05) is 12.1 Å². The van der Waals surface area contributed by atoms with E-state index in [1.807, 2.05) is 43.3 Å². The molecule has 1 N–H and O–H groups in total. The Labute approximate surface area is 157 Å². The molecule has 134 valence electrons. The van der Waals surface area contributed by atoms with Gasteiger partial charge in [-0.1, -0.05) is 24.3 Å². The Bertz CT molecular complexity index is 867. The molecular weight excluding hydrogens is 344 g/mol. The zero-order valence-electron chi connectivity index (χ0n) is 14.9. The average Bonchev–Trinajstić information content (AvgIpc) is 3.08. The molecule has 1 heterocycles. The van der Waals surface area contributed by atoms with Gasteiger partial charge >= 0.3 is 0 Å². The van der Waals surface area contributed by atoms with Crippen LogP contribution in [0, 0.1) is 0 Å². The molecule has 0 fully saturated rings. The van der Waals surface area contributed by atoms with Gasteiger partial charge in [0.15, 0.2) is 0 Å². The fraction of sp³-hybridized carbons (Fsp3) is 0.238. The van der Waals surface area contributed by atoms with Gasteiger partial charge < -0.3 is 10.1 Å². The molecule has 0 aliphatic carbocycles. The second-order valence-corrected chi connectivity index (χ2v) is 7.21. The standard InChI is InChI=1S/C21H22N2O2S/c1-15(7-8-16-9-11-17(25-2)12-10-16)22-20(24)13-14-21-23-18-5-3-4-6-19(18)26-21/h3-6,9-15H,7-8H2,1-2H3,(H,22,24)/b14-13+. The number of carbonyl (C=O) groups is 1. The summed E-state index contributed by atoms with van der Waals surface area (Å²) < 4.78 is 6.29. The first-order valence-corrected chi connectivity index (χ1v) is 9.43. The van der Waals surface area contributed by atoms with Crippen molar-refractivity contribution in [3.05, 3.63) is 65.2 Å². The first kappa shape index (κ1) is 18.1. The minimum atomic E-state index is -0.0912. The van der Waals surface area contributed by atoms with E-state index in [0.29, 0.717) is 0 Å². The van der Waals surface area contributed by atoms with E-state index in [0.717, 1.165) is 33.8 Å². The molecule has 2 aromatic carbocycles. The van der Waals surface area contributed by atoms with Crippen molar-refractivity contribution in [1.82, 2.24) is 10.3 Å². The molecule has 5 heteroatoms. The van der Waals surface area contributed by atoms with Crippen LogP contribution in [0.4, 0.5) is 0 Å². The summed E-state index contributed by atoms with van der Waals surface area (Å²) in [7, 11) is 1.66. The highest BCUT2D eigenvalue weighted by molar-refractivity contribution is 7.19. The van der Waals surface area contributed by atoms with E-state index in [2.05, 4.69) is 22.4 Å². The highest BCUT2D eigenvalue weighted by Gasteiger charge is 2.06. The van der Waals surface area contributed by atoms with Crippen LogP contribution in [0.15, 0.2) is 54.6 Å². The summed E-state index contributed by atoms with van der Waals surface area (Å²) in [4.78, 5) is 16.6. The summed E-state index contributed by atoms with van der Waals surface area (Å²) in [6.45, 7) is 2.02. The van der Waals surface area contributed by atoms with Crippen molar-refractivity contribution in [3.63, 3.8) is 0 Å². The fourth-order valence-corrected chi connectivity index (χ4v) is 3.52. The molecule has 4 nitrogen and oxygen atoms in total. The minimum Gasteiger partial charge on any atom is -0.497 e. The molecule has 26 heavy (non-hydrogen) atoms. The summed E-state index contributed by atoms with van der Waals surface area (Å²) >= 11 is 1.58. The molecule has 3 aromatic rings. The van der Waals surface area contributed by atoms with E-state index >= 15 is 0 Å². The van der Waals surface area contributed by atoms with Crippen LogP contribution >= 0.6 is 11.3 Å². The Hall–Kier alpha value is -2.66. The number of carbonyl (C=O) groups excluding carboxylic acids is 1. The largest absolute Gasteiger partial charge is 0.497 e. The van der Waals surface area contributed by atoms with Gasteiger partial charge in [-0.25, -0.2) is 4.98 Å². The lowest BCUT2D eigenvalue weighted by Crippen LogP contribution is -2.31. The number of thiazole rings is 1. The number of nitrogens with zero attached hydrogens (tertiary/aromatic N) is 1. The van der Waals surface area contributed by atoms with Crippen LogP contribution in [0.1, 0.15) is 23.9 Å². The number of ether oxygens (including phenoxy) is 1. The number of para-hydroxylation sites is 1. The quantitative estimate of drug-likeness (QED) is 0.628. The number of nitrogens with one attached hydrogen (secondary N) is 1. The molecule has 1 amide bonds. The monoisotopic (exact) mass is 366 g/mol. The van der Waals surface area contributed by atoms with Gasteiger partial charge in [0.2, 0.25) is 5.91 Å². The molecule has 0 radical (unpaired) electrons. The number of aromatic nitrogens is 1. The predicted molar refractivity (Wildman–Crippen MR) is 108 cm³/mol. The van der Waals surface area contributed by atoms with E-state index < -0.39 is 0 Å². The SMILES string of the molecule is COc1ccc(CCC(C)NC(=O)/C=C/c2nc3ccccc3s2)cc1. The van der Waals surface area contributed by atoms with Crippen LogP contribution in [0.3, 0.4) is 0 Å². The number of amides is 1. The number of rotatable bonds is 7. The number of hydrogen-bond donors (Lipinski definition) is 1. The summed E-state index contributed by atoms with van der Waals surface area (Å²) in [5.41, 5.74) is 2.20. The van der Waals surface area contributed by atoms with Crippen molar-refractivity contribution in [1.29, 1.82) is 0 Å². The van der Waals surface area contributed by atoms with Gasteiger partial charge in [-0.15, -0.1) is 11.3 Å². The van der Waals surface area contributed by atoms with E-state index in [-0.39, 0.29) is 11.9 Å². The summed E-state index contributed by atoms with van der Waals surface area (Å²) in [6.07, 6.45) is 5.12. The molecule has 0 bridgehead atoms. The molecule has 1 unspecified atom stereocenters. The smallest absolute Gasteiger partial charge is 0.244 e. The Morgan fingerprint density at radius 2 is 2.00 bits per heavy atom. The van der Waals surface area contributed by atoms with Crippen molar-refractivity contribution in [2.75, 3.05) is 7.11 Å². The number of aryl methyl sites for hydroxylation is 1. The molecule has 0 saturated carbocycles. The summed E-state index contributed by atoms with van der Waals surface area (Å²) in [6, 6.07) is 16.1. The molecule has 0 spiro atoms. The molecular formula is C21H22N2O2S. The minimum absolute atomic E-state index is 0.0912. The van der Waals surface area contributed by atoms with E-state index in [9.17, 15) is 4.79 Å². The van der Waals surface area contributed by atoms with Crippen LogP contribution in [0.5, 0.6) is 5.75 Å². The topological polar surface area (TPSA) is 51.2 Å². The second kappa shape index (κ2) is 8.63. The molecule has 3 rings (SSSR count). The fourth-order valence-electron chi connectivity index (χ4n) is 2.65. The van der Waals surface area contributed by atoms with Gasteiger partial charge in [0.25, 0.3) is 0 Å². The highest BCUT2D eigenvalue weighted by Crippen LogP contribution is 2.22. The number of methoxy groups -OCH3 is 1. The third-order valence-electron chi connectivity index (χ3n) is 4.10. The molecule has 0 aliphatic rings. The van der Waals surface area contributed by atoms with Crippen LogP contribution in [0.25, 0.3) is 16.3 Å². The first-order valence-electron chi connectivity index (χ1n) is 8.61. The van der Waals surface area contributed by atoms with Gasteiger partial charge in [-0.3, -0.25) is 4.79 Å². The average molecular weight is 366 g/mol. The number of hydrogen-bond acceptors (Lipinski definition) is 4. The molecule has 1 atom stereocenters. The summed E-state index contributed by atoms with van der Waals surface area (Å²) in [5.74, 6) is 0.765. The highest BCUT2D eigenvalue weighted by atomic mass is 32.1. The maximum absolute atomic E-state index is 12.1. The van der Waals surface area contributed by atoms with Crippen molar-refractivity contribution >= 4 is 33.5 Å². The van der Waals surface area contributed by atoms with E-state index in [1.165, 1.54) is 5.56 Å². The lowest BCUT2D eigenvalue weighted by molar-refractivity contribution is -0.117. The van der Waals surface area contributed by atoms with Gasteiger partial charge in [-0.2, -0.15) is 0 Å². The third kappa shape index (κ3) is 4.92. The lowest BCUT2D eigenvalue weighted by atomic mass is 10.1. The molecule has 0 aliphatic heterocycles. The molecule has 1 aromatic heterocycles. The van der Waals surface area contributed by atoms with E-state index in [4.69, 9.17) is 4.74 Å². The lowest BCUT2D eigenvalue weighted by Gasteiger charge is -2.12. The Kier molecular flexibility index (Phi) is 6.02. The van der Waals surface area contributed by atoms with E-state index in [1.54, 1.807) is 30.6 Å².